The Bertz CT molecular complexity index is 595. The van der Waals surface area contributed by atoms with Crippen LogP contribution in [-0.4, -0.2) is 47.4 Å². The van der Waals surface area contributed by atoms with Gasteiger partial charge in [0.15, 0.2) is 0 Å². The van der Waals surface area contributed by atoms with E-state index in [0.29, 0.717) is 12.3 Å². The highest BCUT2D eigenvalue weighted by Gasteiger charge is 2.21. The van der Waals surface area contributed by atoms with Crippen molar-refractivity contribution in [3.05, 3.63) is 35.9 Å². The first kappa shape index (κ1) is 20.1. The highest BCUT2D eigenvalue weighted by atomic mass is 16.5. The molecule has 26 heavy (non-hydrogen) atoms. The summed E-state index contributed by atoms with van der Waals surface area (Å²) in [6.07, 6.45) is 6.12. The molecule has 1 fully saturated rings. The number of nitrogens with zero attached hydrogens (tertiary/aromatic N) is 1. The first-order chi connectivity index (χ1) is 12.5. The third-order valence-corrected chi connectivity index (χ3v) is 4.60. The molecule has 1 aromatic carbocycles. The minimum Gasteiger partial charge on any atom is -0.480 e. The second-order valence-electron chi connectivity index (χ2n) is 6.93. The number of ketones is 1. The average Bonchev–Trinajstić information content (AvgIpc) is 2.61. The molecule has 0 radical (unpaired) electrons. The number of carbonyl (C=O) groups is 3. The number of carbonyl (C=O) groups excluding carboxylic acids is 2. The van der Waals surface area contributed by atoms with Crippen LogP contribution in [0.1, 0.15) is 44.1 Å². The molecular formula is C20H27NO5. The van der Waals surface area contributed by atoms with Crippen LogP contribution in [0.25, 0.3) is 0 Å². The van der Waals surface area contributed by atoms with Crippen LogP contribution < -0.4 is 0 Å². The summed E-state index contributed by atoms with van der Waals surface area (Å²) in [5.41, 5.74) is 0.860. The molecule has 0 unspecified atom stereocenters. The number of benzene rings is 1. The van der Waals surface area contributed by atoms with Crippen molar-refractivity contribution < 1.29 is 24.2 Å². The predicted molar refractivity (Wildman–Crippen MR) is 96.5 cm³/mol. The molecule has 1 N–H and O–H groups in total. The molecule has 0 saturated heterocycles. The number of aliphatic carboxylic acids is 1. The largest absolute Gasteiger partial charge is 0.480 e. The van der Waals surface area contributed by atoms with E-state index < -0.39 is 11.9 Å². The normalized spacial score (nSPS) is 15.0. The number of carboxylic acid groups (broad SMARTS) is 1. The van der Waals surface area contributed by atoms with Gasteiger partial charge in [-0.15, -0.1) is 0 Å². The Labute approximate surface area is 154 Å². The maximum absolute atomic E-state index is 12.3. The van der Waals surface area contributed by atoms with Gasteiger partial charge in [0, 0.05) is 6.42 Å². The van der Waals surface area contributed by atoms with E-state index in [2.05, 4.69) is 0 Å². The summed E-state index contributed by atoms with van der Waals surface area (Å²) in [6.45, 7) is -0.438. The van der Waals surface area contributed by atoms with Gasteiger partial charge in [-0.25, -0.2) is 0 Å². The summed E-state index contributed by atoms with van der Waals surface area (Å²) in [5.74, 6) is -1.20. The molecular weight excluding hydrogens is 334 g/mol. The van der Waals surface area contributed by atoms with E-state index in [1.165, 1.54) is 11.3 Å². The lowest BCUT2D eigenvalue weighted by Crippen LogP contribution is -2.39. The van der Waals surface area contributed by atoms with Crippen LogP contribution >= 0.6 is 0 Å². The van der Waals surface area contributed by atoms with Gasteiger partial charge < -0.3 is 9.84 Å². The Kier molecular flexibility index (Phi) is 8.28. The molecule has 1 aliphatic carbocycles. The second-order valence-corrected chi connectivity index (χ2v) is 6.93. The van der Waals surface area contributed by atoms with Crippen molar-refractivity contribution in [1.29, 1.82) is 0 Å². The van der Waals surface area contributed by atoms with Crippen LogP contribution in [0, 0.1) is 5.92 Å². The Hall–Kier alpha value is -2.21. The molecule has 0 aliphatic heterocycles. The fourth-order valence-corrected chi connectivity index (χ4v) is 3.35. The van der Waals surface area contributed by atoms with Crippen LogP contribution in [0.15, 0.2) is 30.3 Å². The summed E-state index contributed by atoms with van der Waals surface area (Å²) in [4.78, 5) is 36.7. The van der Waals surface area contributed by atoms with Crippen molar-refractivity contribution >= 4 is 17.7 Å². The zero-order valence-corrected chi connectivity index (χ0v) is 15.1. The van der Waals surface area contributed by atoms with Gasteiger partial charge in [0.2, 0.25) is 0 Å². The van der Waals surface area contributed by atoms with Gasteiger partial charge in [0.1, 0.15) is 12.4 Å². The van der Waals surface area contributed by atoms with Crippen molar-refractivity contribution in [2.24, 2.45) is 5.92 Å². The Morgan fingerprint density at radius 1 is 1.00 bits per heavy atom. The minimum absolute atomic E-state index is 0.00555. The van der Waals surface area contributed by atoms with Gasteiger partial charge in [-0.1, -0.05) is 62.4 Å². The standard InChI is InChI=1S/C20H27NO5/c22-18(11-16-7-3-1-4-8-16)12-21(13-19(23)24)14-20(25)26-15-17-9-5-2-6-10-17/h2,5-6,9-10,16H,1,3-4,7-8,11-15H2,(H,23,24). The smallest absolute Gasteiger partial charge is 0.320 e. The first-order valence-electron chi connectivity index (χ1n) is 9.18. The number of hydrogen-bond donors (Lipinski definition) is 1. The molecule has 0 heterocycles. The molecule has 0 aromatic heterocycles. The number of esters is 1. The summed E-state index contributed by atoms with van der Waals surface area (Å²) >= 11 is 0. The monoisotopic (exact) mass is 361 g/mol. The van der Waals surface area contributed by atoms with Crippen molar-refractivity contribution in [3.8, 4) is 0 Å². The molecule has 1 aliphatic rings. The van der Waals surface area contributed by atoms with E-state index in [0.717, 1.165) is 31.2 Å². The zero-order chi connectivity index (χ0) is 18.8. The first-order valence-corrected chi connectivity index (χ1v) is 9.18. The van der Waals surface area contributed by atoms with Gasteiger partial charge in [0.05, 0.1) is 19.6 Å². The minimum atomic E-state index is -1.06. The van der Waals surface area contributed by atoms with Gasteiger partial charge in [0.25, 0.3) is 0 Å². The van der Waals surface area contributed by atoms with Crippen LogP contribution in [0.4, 0.5) is 0 Å². The van der Waals surface area contributed by atoms with Gasteiger partial charge in [-0.2, -0.15) is 0 Å². The third-order valence-electron chi connectivity index (χ3n) is 4.60. The van der Waals surface area contributed by atoms with Crippen LogP contribution in [-0.2, 0) is 25.7 Å². The lowest BCUT2D eigenvalue weighted by molar-refractivity contribution is -0.147. The van der Waals surface area contributed by atoms with E-state index in [-0.39, 0.29) is 32.0 Å². The lowest BCUT2D eigenvalue weighted by atomic mass is 9.86. The van der Waals surface area contributed by atoms with E-state index in [1.807, 2.05) is 30.3 Å². The van der Waals surface area contributed by atoms with E-state index in [9.17, 15) is 14.4 Å². The van der Waals surface area contributed by atoms with E-state index in [4.69, 9.17) is 9.84 Å². The zero-order valence-electron chi connectivity index (χ0n) is 15.1. The highest BCUT2D eigenvalue weighted by Crippen LogP contribution is 2.26. The third kappa shape index (κ3) is 7.78. The van der Waals surface area contributed by atoms with Crippen LogP contribution in [0.3, 0.4) is 0 Å². The maximum atomic E-state index is 12.3. The van der Waals surface area contributed by atoms with Gasteiger partial charge in [-0.05, 0) is 11.5 Å². The Balaban J connectivity index is 1.80. The van der Waals surface area contributed by atoms with Crippen LogP contribution in [0.5, 0.6) is 0 Å². The summed E-state index contributed by atoms with van der Waals surface area (Å²) < 4.78 is 5.19. The van der Waals surface area contributed by atoms with E-state index in [1.54, 1.807) is 0 Å². The summed E-state index contributed by atoms with van der Waals surface area (Å²) in [6, 6.07) is 9.26. The average molecular weight is 361 g/mol. The Morgan fingerprint density at radius 3 is 2.35 bits per heavy atom. The second kappa shape index (κ2) is 10.7. The number of carboxylic acids is 1. The topological polar surface area (TPSA) is 83.9 Å². The SMILES string of the molecule is O=C(O)CN(CC(=O)CC1CCCCC1)CC(=O)OCc1ccccc1. The quantitative estimate of drug-likeness (QED) is 0.645. The van der Waals surface area contributed by atoms with Gasteiger partial charge in [-0.3, -0.25) is 19.3 Å². The molecule has 2 rings (SSSR count). The molecule has 1 aromatic rings. The number of ether oxygens (including phenoxy) is 1. The number of rotatable bonds is 10. The molecule has 1 saturated carbocycles. The molecule has 0 atom stereocenters. The lowest BCUT2D eigenvalue weighted by Gasteiger charge is -2.23. The number of Topliss-reactive ketones (excluding diaryl/α,β-unsaturated/α-hetero) is 1. The molecule has 6 nitrogen and oxygen atoms in total. The fraction of sp³-hybridized carbons (Fsp3) is 0.550. The van der Waals surface area contributed by atoms with Crippen molar-refractivity contribution in [2.45, 2.75) is 45.1 Å². The molecule has 6 heteroatoms. The van der Waals surface area contributed by atoms with Gasteiger partial charge >= 0.3 is 11.9 Å². The summed E-state index contributed by atoms with van der Waals surface area (Å²) in [5, 5.41) is 9.03. The maximum Gasteiger partial charge on any atom is 0.320 e. The molecule has 0 bridgehead atoms. The molecule has 0 amide bonds. The predicted octanol–water partition coefficient (Wildman–Crippen LogP) is 2.66. The van der Waals surface area contributed by atoms with Crippen molar-refractivity contribution in [2.75, 3.05) is 19.6 Å². The molecule has 142 valence electrons. The van der Waals surface area contributed by atoms with Crippen molar-refractivity contribution in [3.63, 3.8) is 0 Å². The summed E-state index contributed by atoms with van der Waals surface area (Å²) in [7, 11) is 0. The van der Waals surface area contributed by atoms with Crippen LogP contribution in [0.2, 0.25) is 0 Å². The Morgan fingerprint density at radius 2 is 1.69 bits per heavy atom. The highest BCUT2D eigenvalue weighted by molar-refractivity contribution is 5.82. The number of hydrogen-bond acceptors (Lipinski definition) is 5. The molecule has 0 spiro atoms. The van der Waals surface area contributed by atoms with E-state index >= 15 is 0 Å². The van der Waals surface area contributed by atoms with Crippen molar-refractivity contribution in [1.82, 2.24) is 4.90 Å². The fourth-order valence-electron chi connectivity index (χ4n) is 3.35.